The number of esters is 1. The van der Waals surface area contributed by atoms with Crippen LogP contribution in [0.5, 0.6) is 0 Å². The van der Waals surface area contributed by atoms with Crippen molar-refractivity contribution < 1.29 is 14.3 Å². The molecule has 0 aromatic rings. The molecule has 1 amide bonds. The van der Waals surface area contributed by atoms with Crippen molar-refractivity contribution in [1.82, 2.24) is 4.90 Å². The molecular formula is C12H21NO3. The number of hydrogen-bond donors (Lipinski definition) is 0. The van der Waals surface area contributed by atoms with Gasteiger partial charge >= 0.3 is 5.97 Å². The number of amides is 1. The Morgan fingerprint density at radius 3 is 2.44 bits per heavy atom. The molecule has 1 aliphatic rings. The summed E-state index contributed by atoms with van der Waals surface area (Å²) in [5.41, 5.74) is 0. The molecule has 1 aliphatic heterocycles. The Morgan fingerprint density at radius 2 is 1.88 bits per heavy atom. The van der Waals surface area contributed by atoms with Crippen LogP contribution in [-0.2, 0) is 14.3 Å². The van der Waals surface area contributed by atoms with Crippen LogP contribution in [0, 0.1) is 5.92 Å². The van der Waals surface area contributed by atoms with Crippen molar-refractivity contribution in [3.8, 4) is 0 Å². The fraction of sp³-hybridized carbons (Fsp3) is 0.833. The Kier molecular flexibility index (Phi) is 5.29. The van der Waals surface area contributed by atoms with Gasteiger partial charge in [0, 0.05) is 19.5 Å². The van der Waals surface area contributed by atoms with Gasteiger partial charge in [0.15, 0.2) is 6.61 Å². The Morgan fingerprint density at radius 1 is 1.25 bits per heavy atom. The monoisotopic (exact) mass is 227 g/mol. The van der Waals surface area contributed by atoms with Crippen molar-refractivity contribution in [2.45, 2.75) is 39.5 Å². The van der Waals surface area contributed by atoms with Crippen molar-refractivity contribution >= 4 is 11.9 Å². The van der Waals surface area contributed by atoms with E-state index in [0.29, 0.717) is 12.3 Å². The van der Waals surface area contributed by atoms with Crippen molar-refractivity contribution in [3.05, 3.63) is 0 Å². The molecule has 0 radical (unpaired) electrons. The van der Waals surface area contributed by atoms with E-state index in [0.717, 1.165) is 32.4 Å². The highest BCUT2D eigenvalue weighted by molar-refractivity contribution is 5.80. The van der Waals surface area contributed by atoms with E-state index >= 15 is 0 Å². The fourth-order valence-electron chi connectivity index (χ4n) is 1.68. The summed E-state index contributed by atoms with van der Waals surface area (Å²) < 4.78 is 4.94. The zero-order valence-electron chi connectivity index (χ0n) is 10.2. The molecule has 0 saturated carbocycles. The van der Waals surface area contributed by atoms with Gasteiger partial charge in [0.1, 0.15) is 0 Å². The molecule has 0 atom stereocenters. The molecule has 16 heavy (non-hydrogen) atoms. The first-order chi connectivity index (χ1) is 7.59. The minimum Gasteiger partial charge on any atom is -0.456 e. The van der Waals surface area contributed by atoms with Crippen LogP contribution in [0.2, 0.25) is 0 Å². The topological polar surface area (TPSA) is 46.6 Å². The number of nitrogens with zero attached hydrogens (tertiary/aromatic N) is 1. The van der Waals surface area contributed by atoms with E-state index in [1.54, 1.807) is 4.90 Å². The van der Waals surface area contributed by atoms with E-state index in [2.05, 4.69) is 13.8 Å². The van der Waals surface area contributed by atoms with Gasteiger partial charge in [-0.25, -0.2) is 0 Å². The van der Waals surface area contributed by atoms with E-state index < -0.39 is 0 Å². The Hall–Kier alpha value is -1.06. The summed E-state index contributed by atoms with van der Waals surface area (Å²) in [6.45, 7) is 5.65. The standard InChI is InChI=1S/C12H21NO3/c1-10(2)5-6-12(15)16-9-11(14)13-7-3-4-8-13/h10H,3-9H2,1-2H3. The van der Waals surface area contributed by atoms with Gasteiger partial charge < -0.3 is 9.64 Å². The summed E-state index contributed by atoms with van der Waals surface area (Å²) in [6, 6.07) is 0. The quantitative estimate of drug-likeness (QED) is 0.670. The zero-order chi connectivity index (χ0) is 12.0. The number of ether oxygens (including phenoxy) is 1. The van der Waals surface area contributed by atoms with E-state index in [1.807, 2.05) is 0 Å². The van der Waals surface area contributed by atoms with Gasteiger partial charge in [0.25, 0.3) is 5.91 Å². The largest absolute Gasteiger partial charge is 0.456 e. The van der Waals surface area contributed by atoms with Gasteiger partial charge in [0.05, 0.1) is 0 Å². The Bertz CT molecular complexity index is 245. The number of likely N-dealkylation sites (tertiary alicyclic amines) is 1. The third kappa shape index (κ3) is 4.64. The first-order valence-electron chi connectivity index (χ1n) is 6.03. The number of carbonyl (C=O) groups is 2. The van der Waals surface area contributed by atoms with Crippen molar-refractivity contribution in [2.75, 3.05) is 19.7 Å². The lowest BCUT2D eigenvalue weighted by Crippen LogP contribution is -2.32. The van der Waals surface area contributed by atoms with E-state index in [1.165, 1.54) is 0 Å². The zero-order valence-corrected chi connectivity index (χ0v) is 10.2. The van der Waals surface area contributed by atoms with Gasteiger partial charge in [-0.3, -0.25) is 9.59 Å². The highest BCUT2D eigenvalue weighted by Crippen LogP contribution is 2.08. The van der Waals surface area contributed by atoms with Crippen molar-refractivity contribution in [1.29, 1.82) is 0 Å². The third-order valence-electron chi connectivity index (χ3n) is 2.74. The lowest BCUT2D eigenvalue weighted by molar-refractivity contribution is -0.151. The molecule has 4 heteroatoms. The lowest BCUT2D eigenvalue weighted by Gasteiger charge is -2.15. The maximum atomic E-state index is 11.5. The maximum Gasteiger partial charge on any atom is 0.306 e. The van der Waals surface area contributed by atoms with Crippen LogP contribution in [0.4, 0.5) is 0 Å². The average Bonchev–Trinajstić information content (AvgIpc) is 2.76. The van der Waals surface area contributed by atoms with Crippen LogP contribution >= 0.6 is 0 Å². The summed E-state index contributed by atoms with van der Waals surface area (Å²) >= 11 is 0. The number of carbonyl (C=O) groups excluding carboxylic acids is 2. The van der Waals surface area contributed by atoms with Crippen LogP contribution in [0.3, 0.4) is 0 Å². The molecule has 0 bridgehead atoms. The average molecular weight is 227 g/mol. The second-order valence-corrected chi connectivity index (χ2v) is 4.68. The molecule has 92 valence electrons. The first-order valence-corrected chi connectivity index (χ1v) is 6.03. The minimum absolute atomic E-state index is 0.0598. The van der Waals surface area contributed by atoms with E-state index in [4.69, 9.17) is 4.74 Å². The van der Waals surface area contributed by atoms with Crippen LogP contribution in [0.1, 0.15) is 39.5 Å². The maximum absolute atomic E-state index is 11.5. The van der Waals surface area contributed by atoms with Crippen LogP contribution in [0.25, 0.3) is 0 Å². The second-order valence-electron chi connectivity index (χ2n) is 4.68. The Balaban J connectivity index is 2.13. The highest BCUT2D eigenvalue weighted by atomic mass is 16.5. The fourth-order valence-corrected chi connectivity index (χ4v) is 1.68. The summed E-state index contributed by atoms with van der Waals surface area (Å²) in [5, 5.41) is 0. The molecule has 1 fully saturated rings. The molecule has 4 nitrogen and oxygen atoms in total. The minimum atomic E-state index is -0.263. The summed E-state index contributed by atoms with van der Waals surface area (Å²) in [5.74, 6) is 0.165. The van der Waals surface area contributed by atoms with Crippen molar-refractivity contribution in [2.24, 2.45) is 5.92 Å². The van der Waals surface area contributed by atoms with E-state index in [-0.39, 0.29) is 18.5 Å². The number of hydrogen-bond acceptors (Lipinski definition) is 3. The highest BCUT2D eigenvalue weighted by Gasteiger charge is 2.18. The summed E-state index contributed by atoms with van der Waals surface area (Å²) in [4.78, 5) is 24.6. The normalized spacial score (nSPS) is 15.6. The van der Waals surface area contributed by atoms with Gasteiger partial charge in [-0.1, -0.05) is 13.8 Å². The summed E-state index contributed by atoms with van der Waals surface area (Å²) in [6.07, 6.45) is 3.35. The van der Waals surface area contributed by atoms with Gasteiger partial charge in [-0.05, 0) is 25.2 Å². The predicted molar refractivity (Wildman–Crippen MR) is 60.8 cm³/mol. The molecule has 1 rings (SSSR count). The van der Waals surface area contributed by atoms with Crippen molar-refractivity contribution in [3.63, 3.8) is 0 Å². The van der Waals surface area contributed by atoms with Crippen LogP contribution in [-0.4, -0.2) is 36.5 Å². The van der Waals surface area contributed by atoms with E-state index in [9.17, 15) is 9.59 Å². The molecule has 0 aromatic heterocycles. The van der Waals surface area contributed by atoms with Gasteiger partial charge in [-0.15, -0.1) is 0 Å². The SMILES string of the molecule is CC(C)CCC(=O)OCC(=O)N1CCCC1. The lowest BCUT2D eigenvalue weighted by atomic mass is 10.1. The molecule has 1 saturated heterocycles. The molecule has 1 heterocycles. The first kappa shape index (κ1) is 13.0. The molecule has 0 aliphatic carbocycles. The predicted octanol–water partition coefficient (Wildman–Crippen LogP) is 1.59. The third-order valence-corrected chi connectivity index (χ3v) is 2.74. The van der Waals surface area contributed by atoms with Gasteiger partial charge in [0.2, 0.25) is 0 Å². The second kappa shape index (κ2) is 6.51. The molecule has 0 spiro atoms. The van der Waals surface area contributed by atoms with Crippen LogP contribution in [0.15, 0.2) is 0 Å². The van der Waals surface area contributed by atoms with Gasteiger partial charge in [-0.2, -0.15) is 0 Å². The molecule has 0 N–H and O–H groups in total. The smallest absolute Gasteiger partial charge is 0.306 e. The molecular weight excluding hydrogens is 206 g/mol. The van der Waals surface area contributed by atoms with Crippen LogP contribution < -0.4 is 0 Å². The molecule has 0 unspecified atom stereocenters. The number of rotatable bonds is 5. The summed E-state index contributed by atoms with van der Waals surface area (Å²) in [7, 11) is 0. The Labute approximate surface area is 96.9 Å². The molecule has 0 aromatic carbocycles.